The second kappa shape index (κ2) is 38.3. The summed E-state index contributed by atoms with van der Waals surface area (Å²) in [6.07, 6.45) is 54.1. The molecule has 0 bridgehead atoms. The molecule has 47 heavy (non-hydrogen) atoms. The van der Waals surface area contributed by atoms with Gasteiger partial charge in [0.1, 0.15) is 0 Å². The molecule has 4 nitrogen and oxygen atoms in total. The van der Waals surface area contributed by atoms with Gasteiger partial charge in [-0.3, -0.25) is 4.79 Å². The van der Waals surface area contributed by atoms with Crippen LogP contribution >= 0.6 is 0 Å². The maximum atomic E-state index is 12.3. The lowest BCUT2D eigenvalue weighted by Crippen LogP contribution is -2.45. The van der Waals surface area contributed by atoms with Gasteiger partial charge in [-0.2, -0.15) is 0 Å². The van der Waals surface area contributed by atoms with Crippen LogP contribution < -0.4 is 5.32 Å². The zero-order valence-corrected chi connectivity index (χ0v) is 30.8. The van der Waals surface area contributed by atoms with Gasteiger partial charge < -0.3 is 15.5 Å². The van der Waals surface area contributed by atoms with Crippen LogP contribution in [-0.2, 0) is 4.79 Å². The van der Waals surface area contributed by atoms with Crippen molar-refractivity contribution >= 4 is 5.91 Å². The number of hydrogen-bond donors (Lipinski definition) is 3. The number of rotatable bonds is 34. The predicted molar refractivity (Wildman–Crippen MR) is 207 cm³/mol. The van der Waals surface area contributed by atoms with Crippen molar-refractivity contribution < 1.29 is 15.0 Å². The van der Waals surface area contributed by atoms with Crippen molar-refractivity contribution in [2.45, 2.75) is 187 Å². The van der Waals surface area contributed by atoms with Crippen molar-refractivity contribution in [1.29, 1.82) is 0 Å². The third kappa shape index (κ3) is 35.0. The fraction of sp³-hybridized carbons (Fsp3) is 0.698. The van der Waals surface area contributed by atoms with Crippen molar-refractivity contribution in [1.82, 2.24) is 5.32 Å². The van der Waals surface area contributed by atoms with Gasteiger partial charge in [0, 0.05) is 6.42 Å². The Morgan fingerprint density at radius 3 is 1.43 bits per heavy atom. The van der Waals surface area contributed by atoms with Gasteiger partial charge in [-0.15, -0.1) is 0 Å². The molecule has 0 saturated carbocycles. The molecule has 1 amide bonds. The first-order chi connectivity index (χ1) is 23.2. The summed E-state index contributed by atoms with van der Waals surface area (Å²) < 4.78 is 0. The third-order valence-electron chi connectivity index (χ3n) is 8.39. The molecule has 0 radical (unpaired) electrons. The fourth-order valence-electron chi connectivity index (χ4n) is 5.33. The number of hydrogen-bond acceptors (Lipinski definition) is 3. The first-order valence-electron chi connectivity index (χ1n) is 19.7. The smallest absolute Gasteiger partial charge is 0.220 e. The minimum atomic E-state index is -0.878. The second-order valence-electron chi connectivity index (χ2n) is 13.0. The lowest BCUT2D eigenvalue weighted by Gasteiger charge is -2.19. The van der Waals surface area contributed by atoms with Crippen LogP contribution in [-0.4, -0.2) is 34.9 Å². The molecule has 3 N–H and O–H groups in total. The Hall–Kier alpha value is -2.17. The average molecular weight is 654 g/mol. The number of unbranched alkanes of at least 4 members (excludes halogenated alkanes) is 17. The molecule has 0 aliphatic rings. The van der Waals surface area contributed by atoms with Crippen LogP contribution in [0.3, 0.4) is 0 Å². The highest BCUT2D eigenvalue weighted by molar-refractivity contribution is 5.76. The normalized spacial score (nSPS) is 13.9. The fourth-order valence-corrected chi connectivity index (χ4v) is 5.33. The molecule has 2 unspecified atom stereocenters. The zero-order valence-electron chi connectivity index (χ0n) is 30.8. The third-order valence-corrected chi connectivity index (χ3v) is 8.39. The number of nitrogens with one attached hydrogen (secondary N) is 1. The number of aliphatic hydroxyl groups is 2. The molecule has 2 atom stereocenters. The van der Waals surface area contributed by atoms with E-state index in [1.807, 2.05) is 6.08 Å². The predicted octanol–water partition coefficient (Wildman–Crippen LogP) is 12.0. The van der Waals surface area contributed by atoms with E-state index in [4.69, 9.17) is 0 Å². The first kappa shape index (κ1) is 44.8. The van der Waals surface area contributed by atoms with Gasteiger partial charge in [-0.1, -0.05) is 157 Å². The minimum Gasteiger partial charge on any atom is -0.394 e. The molecular weight excluding hydrogens is 578 g/mol. The van der Waals surface area contributed by atoms with E-state index in [2.05, 4.69) is 79.9 Å². The van der Waals surface area contributed by atoms with Crippen molar-refractivity contribution in [2.24, 2.45) is 0 Å². The van der Waals surface area contributed by atoms with Crippen molar-refractivity contribution in [3.8, 4) is 0 Å². The number of carbonyl (C=O) groups excluding carboxylic acids is 1. The standard InChI is InChI=1S/C43H75NO3/c1-3-5-7-9-11-13-15-17-19-21-22-23-25-27-29-31-33-35-37-39-43(47)44-41(40-45)42(46)38-36-34-32-30-28-26-24-20-18-16-14-12-10-8-6-4-2/h11,13,17-20,22-23,28,30,36,38,41-42,45-46H,3-10,12,14-16,21,24-27,29,31-35,37,39-40H2,1-2H3,(H,44,47)/b13-11-,19-17-,20-18+,23-22-,30-28+,38-36+. The maximum Gasteiger partial charge on any atom is 0.220 e. The van der Waals surface area contributed by atoms with Gasteiger partial charge in [0.2, 0.25) is 5.91 Å². The zero-order chi connectivity index (χ0) is 34.3. The number of carbonyl (C=O) groups is 1. The molecule has 0 aromatic heterocycles. The van der Waals surface area contributed by atoms with Crippen LogP contribution in [0.2, 0.25) is 0 Å². The highest BCUT2D eigenvalue weighted by Gasteiger charge is 2.17. The molecule has 0 aliphatic heterocycles. The molecule has 270 valence electrons. The Balaban J connectivity index is 3.74. The van der Waals surface area contributed by atoms with Crippen LogP contribution in [0, 0.1) is 0 Å². The summed E-state index contributed by atoms with van der Waals surface area (Å²) in [6, 6.07) is -0.655. The Morgan fingerprint density at radius 1 is 0.511 bits per heavy atom. The molecule has 0 fully saturated rings. The first-order valence-corrected chi connectivity index (χ1v) is 19.7. The summed E-state index contributed by atoms with van der Waals surface area (Å²) in [7, 11) is 0. The van der Waals surface area contributed by atoms with E-state index in [1.54, 1.807) is 6.08 Å². The van der Waals surface area contributed by atoms with Gasteiger partial charge in [-0.25, -0.2) is 0 Å². The van der Waals surface area contributed by atoms with E-state index in [0.29, 0.717) is 6.42 Å². The van der Waals surface area contributed by atoms with Gasteiger partial charge in [0.25, 0.3) is 0 Å². The molecule has 0 aromatic carbocycles. The van der Waals surface area contributed by atoms with E-state index in [0.717, 1.165) is 64.2 Å². The SMILES string of the molecule is CCCCC/C=C\C/C=C\C/C=C\CCCCCCCCC(=O)NC(CO)C(O)/C=C/CC/C=C/CC/C=C/CCCCCCCC. The van der Waals surface area contributed by atoms with Crippen molar-refractivity contribution in [3.05, 3.63) is 72.9 Å². The largest absolute Gasteiger partial charge is 0.394 e. The van der Waals surface area contributed by atoms with E-state index in [-0.39, 0.29) is 12.5 Å². The Labute approximate surface area is 291 Å². The van der Waals surface area contributed by atoms with Crippen LogP contribution in [0.4, 0.5) is 0 Å². The minimum absolute atomic E-state index is 0.0948. The summed E-state index contributed by atoms with van der Waals surface area (Å²) >= 11 is 0. The Morgan fingerprint density at radius 2 is 0.894 bits per heavy atom. The second-order valence-corrected chi connectivity index (χ2v) is 13.0. The summed E-state index contributed by atoms with van der Waals surface area (Å²) in [5, 5.41) is 22.9. The Kier molecular flexibility index (Phi) is 36.5. The summed E-state index contributed by atoms with van der Waals surface area (Å²) in [4.78, 5) is 12.3. The van der Waals surface area contributed by atoms with Gasteiger partial charge >= 0.3 is 0 Å². The molecule has 0 aliphatic carbocycles. The van der Waals surface area contributed by atoms with Gasteiger partial charge in [0.05, 0.1) is 18.8 Å². The molecule has 0 saturated heterocycles. The summed E-state index contributed by atoms with van der Waals surface area (Å²) in [5.41, 5.74) is 0. The molecule has 0 aromatic rings. The van der Waals surface area contributed by atoms with Gasteiger partial charge in [0.15, 0.2) is 0 Å². The average Bonchev–Trinajstić information content (AvgIpc) is 3.07. The Bertz CT molecular complexity index is 838. The van der Waals surface area contributed by atoms with E-state index >= 15 is 0 Å². The number of aliphatic hydroxyl groups excluding tert-OH is 2. The highest BCUT2D eigenvalue weighted by Crippen LogP contribution is 2.11. The van der Waals surface area contributed by atoms with E-state index in [1.165, 1.54) is 89.9 Å². The van der Waals surface area contributed by atoms with Crippen LogP contribution in [0.5, 0.6) is 0 Å². The lowest BCUT2D eigenvalue weighted by atomic mass is 10.1. The molecule has 0 rings (SSSR count). The van der Waals surface area contributed by atoms with Crippen molar-refractivity contribution in [3.63, 3.8) is 0 Å². The highest BCUT2D eigenvalue weighted by atomic mass is 16.3. The topological polar surface area (TPSA) is 69.6 Å². The maximum absolute atomic E-state index is 12.3. The quantitative estimate of drug-likeness (QED) is 0.0478. The molecule has 0 heterocycles. The molecule has 4 heteroatoms. The van der Waals surface area contributed by atoms with Crippen LogP contribution in [0.15, 0.2) is 72.9 Å². The monoisotopic (exact) mass is 654 g/mol. The lowest BCUT2D eigenvalue weighted by molar-refractivity contribution is -0.123. The molecular formula is C43H75NO3. The summed E-state index contributed by atoms with van der Waals surface area (Å²) in [5.74, 6) is -0.0948. The number of allylic oxidation sites excluding steroid dienone is 11. The van der Waals surface area contributed by atoms with E-state index < -0.39 is 12.1 Å². The van der Waals surface area contributed by atoms with Crippen LogP contribution in [0.1, 0.15) is 174 Å². The molecule has 0 spiro atoms. The van der Waals surface area contributed by atoms with E-state index in [9.17, 15) is 15.0 Å². The van der Waals surface area contributed by atoms with Crippen LogP contribution in [0.25, 0.3) is 0 Å². The number of amides is 1. The van der Waals surface area contributed by atoms with Crippen molar-refractivity contribution in [2.75, 3.05) is 6.61 Å². The van der Waals surface area contributed by atoms with Gasteiger partial charge in [-0.05, 0) is 83.5 Å². The summed E-state index contributed by atoms with van der Waals surface area (Å²) in [6.45, 7) is 4.23.